The summed E-state index contributed by atoms with van der Waals surface area (Å²) < 4.78 is 5.54. The van der Waals surface area contributed by atoms with Gasteiger partial charge in [-0.1, -0.05) is 28.1 Å². The van der Waals surface area contributed by atoms with Crippen molar-refractivity contribution in [1.29, 1.82) is 0 Å². The van der Waals surface area contributed by atoms with Gasteiger partial charge >= 0.3 is 0 Å². The maximum absolute atomic E-state index is 12.5. The maximum atomic E-state index is 12.5. The standard InChI is InChI=1S/C15H20BrNO2/c1-2-19-14-6-4-3-5-13(14)15(18)17-10-8-12(11-17)7-9-16/h3-6,12H,2,7-11H2,1H3. The lowest BCUT2D eigenvalue weighted by Crippen LogP contribution is -2.29. The Kier molecular flexibility index (Phi) is 5.25. The number of hydrogen-bond acceptors (Lipinski definition) is 2. The predicted octanol–water partition coefficient (Wildman–Crippen LogP) is 3.33. The summed E-state index contributed by atoms with van der Waals surface area (Å²) in [6.07, 6.45) is 2.24. The molecule has 1 saturated heterocycles. The third-order valence-corrected chi connectivity index (χ3v) is 3.97. The van der Waals surface area contributed by atoms with Crippen LogP contribution in [0.15, 0.2) is 24.3 Å². The van der Waals surface area contributed by atoms with Gasteiger partial charge in [0.05, 0.1) is 12.2 Å². The zero-order valence-corrected chi connectivity index (χ0v) is 12.9. The third-order valence-electron chi connectivity index (χ3n) is 3.51. The highest BCUT2D eigenvalue weighted by Crippen LogP contribution is 2.25. The number of carbonyl (C=O) groups excluding carboxylic acids is 1. The van der Waals surface area contributed by atoms with E-state index in [1.54, 1.807) is 0 Å². The summed E-state index contributed by atoms with van der Waals surface area (Å²) >= 11 is 3.47. The number of rotatable bonds is 5. The molecule has 1 aliphatic heterocycles. The molecule has 0 aromatic heterocycles. The van der Waals surface area contributed by atoms with Crippen LogP contribution in [-0.4, -0.2) is 35.8 Å². The number of amides is 1. The van der Waals surface area contributed by atoms with Gasteiger partial charge in [-0.15, -0.1) is 0 Å². The fraction of sp³-hybridized carbons (Fsp3) is 0.533. The van der Waals surface area contributed by atoms with Crippen LogP contribution in [0.5, 0.6) is 5.75 Å². The Bertz CT molecular complexity index is 436. The number of benzene rings is 1. The van der Waals surface area contributed by atoms with Gasteiger partial charge in [0.1, 0.15) is 5.75 Å². The quantitative estimate of drug-likeness (QED) is 0.777. The van der Waals surface area contributed by atoms with E-state index in [1.165, 1.54) is 0 Å². The van der Waals surface area contributed by atoms with E-state index in [0.29, 0.717) is 23.8 Å². The number of hydrogen-bond donors (Lipinski definition) is 0. The molecule has 0 N–H and O–H groups in total. The van der Waals surface area contributed by atoms with Gasteiger partial charge in [0.25, 0.3) is 5.91 Å². The lowest BCUT2D eigenvalue weighted by atomic mass is 10.1. The number of halogens is 1. The summed E-state index contributed by atoms with van der Waals surface area (Å²) in [5, 5.41) is 1.01. The van der Waals surface area contributed by atoms with E-state index in [9.17, 15) is 4.79 Å². The minimum atomic E-state index is 0.0983. The van der Waals surface area contributed by atoms with E-state index < -0.39 is 0 Å². The molecule has 4 heteroatoms. The van der Waals surface area contributed by atoms with Gasteiger partial charge in [-0.2, -0.15) is 0 Å². The molecule has 0 saturated carbocycles. The van der Waals surface area contributed by atoms with Gasteiger partial charge in [0.2, 0.25) is 0 Å². The number of ether oxygens (including phenoxy) is 1. The van der Waals surface area contributed by atoms with Crippen LogP contribution in [-0.2, 0) is 0 Å². The zero-order valence-electron chi connectivity index (χ0n) is 11.3. The molecular weight excluding hydrogens is 306 g/mol. The summed E-state index contributed by atoms with van der Waals surface area (Å²) in [6, 6.07) is 7.51. The van der Waals surface area contributed by atoms with Gasteiger partial charge in [0, 0.05) is 18.4 Å². The van der Waals surface area contributed by atoms with E-state index in [4.69, 9.17) is 4.74 Å². The van der Waals surface area contributed by atoms with Crippen molar-refractivity contribution in [3.8, 4) is 5.75 Å². The predicted molar refractivity (Wildman–Crippen MR) is 80.0 cm³/mol. The second-order valence-corrected chi connectivity index (χ2v) is 5.61. The molecule has 1 aromatic carbocycles. The van der Waals surface area contributed by atoms with Gasteiger partial charge in [-0.05, 0) is 37.8 Å². The fourth-order valence-corrected chi connectivity index (χ4v) is 3.15. The SMILES string of the molecule is CCOc1ccccc1C(=O)N1CCC(CCBr)C1. The van der Waals surface area contributed by atoms with Crippen molar-refractivity contribution in [2.45, 2.75) is 19.8 Å². The Hall–Kier alpha value is -1.03. The number of nitrogens with zero attached hydrogens (tertiary/aromatic N) is 1. The van der Waals surface area contributed by atoms with Crippen molar-refractivity contribution in [1.82, 2.24) is 4.90 Å². The number of carbonyl (C=O) groups is 1. The second kappa shape index (κ2) is 6.94. The molecule has 0 aliphatic carbocycles. The molecule has 104 valence electrons. The molecule has 1 fully saturated rings. The van der Waals surface area contributed by atoms with Gasteiger partial charge < -0.3 is 9.64 Å². The van der Waals surface area contributed by atoms with Crippen LogP contribution in [0.4, 0.5) is 0 Å². The molecule has 0 spiro atoms. The van der Waals surface area contributed by atoms with Crippen LogP contribution in [0.1, 0.15) is 30.1 Å². The first-order valence-electron chi connectivity index (χ1n) is 6.83. The molecule has 0 radical (unpaired) electrons. The lowest BCUT2D eigenvalue weighted by Gasteiger charge is -2.18. The Labute approximate surface area is 123 Å². The minimum absolute atomic E-state index is 0.0983. The van der Waals surface area contributed by atoms with E-state index in [2.05, 4.69) is 15.9 Å². The van der Waals surface area contributed by atoms with Crippen LogP contribution in [0.25, 0.3) is 0 Å². The van der Waals surface area contributed by atoms with Crippen molar-refractivity contribution in [3.63, 3.8) is 0 Å². The Morgan fingerprint density at radius 3 is 3.00 bits per heavy atom. The first kappa shape index (κ1) is 14.4. The highest BCUT2D eigenvalue weighted by molar-refractivity contribution is 9.09. The van der Waals surface area contributed by atoms with Gasteiger partial charge in [-0.25, -0.2) is 0 Å². The summed E-state index contributed by atoms with van der Waals surface area (Å²) in [6.45, 7) is 4.24. The lowest BCUT2D eigenvalue weighted by molar-refractivity contribution is 0.0783. The average Bonchev–Trinajstić information content (AvgIpc) is 2.88. The summed E-state index contributed by atoms with van der Waals surface area (Å²) in [5.74, 6) is 1.42. The van der Waals surface area contributed by atoms with E-state index in [-0.39, 0.29) is 5.91 Å². The maximum Gasteiger partial charge on any atom is 0.257 e. The molecule has 1 amide bonds. The Morgan fingerprint density at radius 2 is 2.26 bits per heavy atom. The molecular formula is C15H20BrNO2. The molecule has 19 heavy (non-hydrogen) atoms. The summed E-state index contributed by atoms with van der Waals surface area (Å²) in [4.78, 5) is 14.5. The molecule has 1 aromatic rings. The van der Waals surface area contributed by atoms with Gasteiger partial charge in [-0.3, -0.25) is 4.79 Å². The largest absolute Gasteiger partial charge is 0.493 e. The summed E-state index contributed by atoms with van der Waals surface area (Å²) in [7, 11) is 0. The third kappa shape index (κ3) is 3.50. The molecule has 1 unspecified atom stereocenters. The molecule has 0 bridgehead atoms. The van der Waals surface area contributed by atoms with Crippen LogP contribution >= 0.6 is 15.9 Å². The topological polar surface area (TPSA) is 29.5 Å². The zero-order chi connectivity index (χ0) is 13.7. The number of alkyl halides is 1. The molecule has 1 atom stereocenters. The van der Waals surface area contributed by atoms with Crippen LogP contribution < -0.4 is 4.74 Å². The number of para-hydroxylation sites is 1. The van der Waals surface area contributed by atoms with E-state index in [0.717, 1.165) is 31.3 Å². The summed E-state index contributed by atoms with van der Waals surface area (Å²) in [5.41, 5.74) is 0.684. The van der Waals surface area contributed by atoms with Crippen LogP contribution in [0.2, 0.25) is 0 Å². The molecule has 1 heterocycles. The van der Waals surface area contributed by atoms with Crippen molar-refractivity contribution in [2.75, 3.05) is 25.0 Å². The Morgan fingerprint density at radius 1 is 1.47 bits per heavy atom. The van der Waals surface area contributed by atoms with Crippen molar-refractivity contribution in [3.05, 3.63) is 29.8 Å². The molecule has 3 nitrogen and oxygen atoms in total. The second-order valence-electron chi connectivity index (χ2n) is 4.81. The monoisotopic (exact) mass is 325 g/mol. The molecule has 1 aliphatic rings. The highest BCUT2D eigenvalue weighted by Gasteiger charge is 2.27. The van der Waals surface area contributed by atoms with E-state index in [1.807, 2.05) is 36.1 Å². The number of likely N-dealkylation sites (tertiary alicyclic amines) is 1. The highest BCUT2D eigenvalue weighted by atomic mass is 79.9. The van der Waals surface area contributed by atoms with Crippen LogP contribution in [0, 0.1) is 5.92 Å². The Balaban J connectivity index is 2.08. The van der Waals surface area contributed by atoms with Crippen LogP contribution in [0.3, 0.4) is 0 Å². The van der Waals surface area contributed by atoms with Gasteiger partial charge in [0.15, 0.2) is 0 Å². The van der Waals surface area contributed by atoms with E-state index >= 15 is 0 Å². The minimum Gasteiger partial charge on any atom is -0.493 e. The normalized spacial score (nSPS) is 18.6. The van der Waals surface area contributed by atoms with Crippen molar-refractivity contribution in [2.24, 2.45) is 5.92 Å². The molecule has 2 rings (SSSR count). The van der Waals surface area contributed by atoms with Crippen molar-refractivity contribution >= 4 is 21.8 Å². The first-order valence-corrected chi connectivity index (χ1v) is 7.95. The average molecular weight is 326 g/mol. The van der Waals surface area contributed by atoms with Crippen molar-refractivity contribution < 1.29 is 9.53 Å². The smallest absolute Gasteiger partial charge is 0.257 e. The first-order chi connectivity index (χ1) is 9.26. The fourth-order valence-electron chi connectivity index (χ4n) is 2.50.